The van der Waals surface area contributed by atoms with E-state index < -0.39 is 39.0 Å². The predicted molar refractivity (Wildman–Crippen MR) is 381 cm³/mol. The molecule has 7 aliphatic heterocycles. The second kappa shape index (κ2) is 31.6. The van der Waals surface area contributed by atoms with E-state index in [1.807, 2.05) is 122 Å². The number of nitriles is 4. The summed E-state index contributed by atoms with van der Waals surface area (Å²) in [6.45, 7) is 20.7. The van der Waals surface area contributed by atoms with Gasteiger partial charge in [0, 0.05) is 32.5 Å². The minimum atomic E-state index is -1.31. The minimum Gasteiger partial charge on any atom is -0.484 e. The van der Waals surface area contributed by atoms with Crippen LogP contribution in [-0.2, 0) is 24.8 Å². The van der Waals surface area contributed by atoms with Crippen molar-refractivity contribution in [3.63, 3.8) is 0 Å². The number of hydrogen-bond donors (Lipinski definition) is 3. The smallest absolute Gasteiger partial charge is 0.222 e. The fourth-order valence-corrected chi connectivity index (χ4v) is 13.0. The van der Waals surface area contributed by atoms with Crippen molar-refractivity contribution in [2.24, 2.45) is 25.0 Å². The second-order valence-electron chi connectivity index (χ2n) is 27.4. The Morgan fingerprint density at radius 1 is 0.588 bits per heavy atom. The van der Waals surface area contributed by atoms with Crippen LogP contribution in [0.4, 0.5) is 0 Å². The molecule has 4 N–H and O–H groups in total. The number of carbonyl (C=O) groups excluding carboxylic acids is 1. The van der Waals surface area contributed by atoms with E-state index in [2.05, 4.69) is 91.7 Å². The van der Waals surface area contributed by atoms with Gasteiger partial charge in [-0.15, -0.1) is 12.4 Å². The molecular formula is C74H86ClN11O9Si2. The van der Waals surface area contributed by atoms with Crippen LogP contribution >= 0.6 is 12.4 Å². The molecule has 6 aromatic carbocycles. The average Bonchev–Trinajstić information content (AvgIpc) is 1.70. The molecule has 13 rings (SSSR count). The van der Waals surface area contributed by atoms with E-state index in [-0.39, 0.29) is 36.5 Å². The number of guanidine groups is 1. The fraction of sp³-hybridized carbons (Fsp3) is 0.405. The summed E-state index contributed by atoms with van der Waals surface area (Å²) in [6, 6.07) is 49.3. The minimum absolute atomic E-state index is 0. The SMILES string of the molecule is CNO.C[C@@H]1CC[C@@]2(CO1)CC(=NC#N)c1cc(-c3cccc(C#N)c3)ccc1O2.C[C@@H]1CC[C@@]2(CO1)CC(=O)c1cc(-c3cccc(C#N)c3)ccc1O2.C[C@@H]1CC[C@@]2(CO1)CC1(N=C(N)N(C)O1)c1cc(-c3cccc(C#N)c3)ccc1O2.C[Si](C)(C)N=C=N[Si](C)(C)C.Cl. The molecule has 7 heterocycles. The van der Waals surface area contributed by atoms with Crippen LogP contribution in [0.15, 0.2) is 147 Å². The Kier molecular flexibility index (Phi) is 24.1. The Bertz CT molecular complexity index is 4120. The van der Waals surface area contributed by atoms with Crippen LogP contribution in [0, 0.1) is 45.4 Å². The zero-order chi connectivity index (χ0) is 69.1. The summed E-state index contributed by atoms with van der Waals surface area (Å²) in [4.78, 5) is 27.8. The van der Waals surface area contributed by atoms with Gasteiger partial charge in [0.15, 0.2) is 22.3 Å². The lowest BCUT2D eigenvalue weighted by Crippen LogP contribution is -2.54. The first kappa shape index (κ1) is 74.0. The van der Waals surface area contributed by atoms with Crippen molar-refractivity contribution in [2.75, 3.05) is 33.9 Å². The largest absolute Gasteiger partial charge is 0.484 e. The number of aliphatic imine (C=N–C) groups is 2. The van der Waals surface area contributed by atoms with Gasteiger partial charge in [0.2, 0.25) is 17.9 Å². The number of fused-ring (bicyclic) bond motifs is 4. The molecule has 23 heteroatoms. The molecule has 4 spiro atoms. The first-order valence-electron chi connectivity index (χ1n) is 32.4. The molecule has 7 aliphatic rings. The van der Waals surface area contributed by atoms with Gasteiger partial charge in [0.25, 0.3) is 0 Å². The van der Waals surface area contributed by atoms with Gasteiger partial charge < -0.3 is 39.4 Å². The van der Waals surface area contributed by atoms with Gasteiger partial charge in [-0.3, -0.25) is 14.1 Å². The summed E-state index contributed by atoms with van der Waals surface area (Å²) in [5, 5.41) is 45.5. The van der Waals surface area contributed by atoms with Crippen LogP contribution in [-0.4, -0.2) is 119 Å². The van der Waals surface area contributed by atoms with Gasteiger partial charge in [-0.2, -0.15) is 26.0 Å². The molecule has 7 atom stereocenters. The monoisotopic (exact) mass is 1360 g/mol. The summed E-state index contributed by atoms with van der Waals surface area (Å²) in [6.07, 6.45) is 9.36. The van der Waals surface area contributed by atoms with Crippen LogP contribution in [0.2, 0.25) is 39.3 Å². The molecule has 97 heavy (non-hydrogen) atoms. The van der Waals surface area contributed by atoms with Gasteiger partial charge in [0.05, 0.1) is 102 Å². The molecule has 20 nitrogen and oxygen atoms in total. The van der Waals surface area contributed by atoms with Crippen molar-refractivity contribution < 1.29 is 43.3 Å². The number of ketones is 1. The molecule has 3 fully saturated rings. The summed E-state index contributed by atoms with van der Waals surface area (Å²) < 4.78 is 45.2. The third-order valence-electron chi connectivity index (χ3n) is 17.2. The standard InChI is InChI=1S/C23H24N4O3.C22H19N3O2.C21H19NO3.C7H18N2Si2.CH5NO.ClH/c1-15-8-9-22(14-28-15)13-23(26-21(25)27(2)30-23)19-11-18(6-7-20(19)29-22)17-5-3-4-16(10-17)12-24;1-15-7-8-22(13-26-15)11-20(25-14-24)19-10-18(5-6-21(19)27-22)17-4-2-3-16(9-17)12-23;1-14-7-8-21(13-24-14)11-19(23)18-10-17(5-6-20(18)25-21)16-4-2-3-15(9-16)12-22;1-10(2,3)8-7-9-11(4,5)6;1-2-3;/h3-7,10-11,15H,8-9,13-14H2,1-2H3,(H2,25,26);2-6,9-10,15H,7-8,11,13H2,1H3;2-6,9-10,14H,7-8,11,13H2,1H3;1-6H3;2-3H,1H3;1H/t15-,22+,23?;15-,22+;14-,21+;;;/m111.../s1. The maximum atomic E-state index is 12.8. The van der Waals surface area contributed by atoms with Gasteiger partial charge >= 0.3 is 0 Å². The van der Waals surface area contributed by atoms with E-state index in [1.54, 1.807) is 30.7 Å². The Labute approximate surface area is 577 Å². The fourth-order valence-electron chi connectivity index (χ4n) is 12.2. The second-order valence-corrected chi connectivity index (χ2v) is 36.5. The van der Waals surface area contributed by atoms with E-state index in [4.69, 9.17) is 59.7 Å². The van der Waals surface area contributed by atoms with Crippen LogP contribution in [0.1, 0.15) is 117 Å². The Morgan fingerprint density at radius 2 is 0.990 bits per heavy atom. The maximum Gasteiger partial charge on any atom is 0.222 e. The highest BCUT2D eigenvalue weighted by atomic mass is 35.5. The lowest BCUT2D eigenvalue weighted by atomic mass is 9.80. The first-order chi connectivity index (χ1) is 45.7. The van der Waals surface area contributed by atoms with E-state index in [1.165, 1.54) is 12.1 Å². The first-order valence-corrected chi connectivity index (χ1v) is 39.3. The van der Waals surface area contributed by atoms with Crippen molar-refractivity contribution in [1.29, 1.82) is 21.0 Å². The topological polar surface area (TPSA) is 288 Å². The van der Waals surface area contributed by atoms with E-state index in [0.717, 1.165) is 100 Å². The van der Waals surface area contributed by atoms with Crippen molar-refractivity contribution in [1.82, 2.24) is 10.5 Å². The van der Waals surface area contributed by atoms with Gasteiger partial charge in [-0.05, 0) is 205 Å². The number of benzene rings is 6. The molecule has 6 aromatic rings. The molecule has 0 radical (unpaired) electrons. The highest BCUT2D eigenvalue weighted by Crippen LogP contribution is 2.53. The van der Waals surface area contributed by atoms with Crippen LogP contribution in [0.25, 0.3) is 33.4 Å². The summed E-state index contributed by atoms with van der Waals surface area (Å²) in [5.74, 6) is 2.52. The number of hydrogen-bond acceptors (Lipinski definition) is 20. The number of hydroxylamine groups is 3. The van der Waals surface area contributed by atoms with Gasteiger partial charge in [-0.25, -0.2) is 20.4 Å². The zero-order valence-corrected chi connectivity index (χ0v) is 59.9. The predicted octanol–water partition coefficient (Wildman–Crippen LogP) is 14.5. The lowest BCUT2D eigenvalue weighted by Gasteiger charge is -2.47. The Morgan fingerprint density at radius 3 is 1.40 bits per heavy atom. The van der Waals surface area contributed by atoms with Crippen LogP contribution < -0.4 is 25.4 Å². The number of halogens is 1. The maximum absolute atomic E-state index is 12.8. The molecule has 3 saturated heterocycles. The number of rotatable bonds is 5. The highest BCUT2D eigenvalue weighted by molar-refractivity contribution is 6.76. The van der Waals surface area contributed by atoms with Crippen LogP contribution in [0.5, 0.6) is 17.2 Å². The zero-order valence-electron chi connectivity index (χ0n) is 57.1. The average molecular weight is 1370 g/mol. The summed E-state index contributed by atoms with van der Waals surface area (Å²) in [5.41, 5.74) is 15.9. The summed E-state index contributed by atoms with van der Waals surface area (Å²) in [7, 11) is 0.560. The Hall–Kier alpha value is -8.85. The van der Waals surface area contributed by atoms with Crippen molar-refractivity contribution >= 4 is 52.3 Å². The number of nitrogens with zero attached hydrogens (tertiary/aromatic N) is 9. The third-order valence-corrected chi connectivity index (χ3v) is 18.8. The normalized spacial score (nSPS) is 24.4. The molecule has 0 amide bonds. The van der Waals surface area contributed by atoms with Gasteiger partial charge in [-0.1, -0.05) is 54.6 Å². The van der Waals surface area contributed by atoms with Crippen molar-refractivity contribution in [3.8, 4) is 75.0 Å². The quantitative estimate of drug-likeness (QED) is 0.0626. The highest BCUT2D eigenvalue weighted by Gasteiger charge is 2.56. The number of Topliss-reactive ketones (excluding diaryl/α,β-unsaturated/α-hetero) is 1. The number of carbonyl (C=O) groups is 1. The lowest BCUT2D eigenvalue weighted by molar-refractivity contribution is -0.220. The summed E-state index contributed by atoms with van der Waals surface area (Å²) >= 11 is 0. The molecule has 506 valence electrons. The molecule has 0 aliphatic carbocycles. The molecular weight excluding hydrogens is 1280 g/mol. The van der Waals surface area contributed by atoms with Crippen LogP contribution in [0.3, 0.4) is 0 Å². The number of nitrogens with one attached hydrogen (secondary N) is 1. The Balaban J connectivity index is 0.000000169. The molecule has 1 unspecified atom stereocenters. The van der Waals surface area contributed by atoms with E-state index in [9.17, 15) is 15.3 Å². The number of nitrogens with two attached hydrogens (primary N) is 1. The molecule has 0 saturated carbocycles. The molecule has 0 bridgehead atoms. The van der Waals surface area contributed by atoms with E-state index in [0.29, 0.717) is 73.0 Å². The van der Waals surface area contributed by atoms with Gasteiger partial charge in [0.1, 0.15) is 34.1 Å². The van der Waals surface area contributed by atoms with Crippen molar-refractivity contribution in [2.45, 2.75) is 159 Å². The number of ether oxygens (including phenoxy) is 6. The van der Waals surface area contributed by atoms with Crippen molar-refractivity contribution in [3.05, 3.63) is 161 Å². The molecule has 0 aromatic heterocycles. The van der Waals surface area contributed by atoms with E-state index >= 15 is 0 Å². The third kappa shape index (κ3) is 18.6.